The molecule has 1 atom stereocenters. The van der Waals surface area contributed by atoms with E-state index in [0.29, 0.717) is 39.3 Å². The highest BCUT2D eigenvalue weighted by Crippen LogP contribution is 2.11. The number of nitrogens with one attached hydrogen (secondary N) is 1. The lowest BCUT2D eigenvalue weighted by Crippen LogP contribution is -2.53. The van der Waals surface area contributed by atoms with Crippen LogP contribution in [0.4, 0.5) is 9.59 Å². The van der Waals surface area contributed by atoms with Crippen molar-refractivity contribution in [3.05, 3.63) is 0 Å². The Labute approximate surface area is 119 Å². The monoisotopic (exact) mass is 285 g/mol. The number of hydrogen-bond acceptors (Lipinski definition) is 4. The van der Waals surface area contributed by atoms with Crippen LogP contribution in [0.5, 0.6) is 0 Å². The molecular weight excluding hydrogens is 262 g/mol. The summed E-state index contributed by atoms with van der Waals surface area (Å²) in [6, 6.07) is -0.0796. The van der Waals surface area contributed by atoms with Crippen LogP contribution in [0.15, 0.2) is 0 Å². The number of piperazine rings is 1. The van der Waals surface area contributed by atoms with Crippen LogP contribution in [-0.2, 0) is 9.47 Å². The number of ether oxygens (including phenoxy) is 2. The Bertz CT molecular complexity index is 337. The molecule has 114 valence electrons. The van der Waals surface area contributed by atoms with Gasteiger partial charge in [-0.3, -0.25) is 0 Å². The predicted octanol–water partition coefficient (Wildman–Crippen LogP) is 0.649. The van der Waals surface area contributed by atoms with Gasteiger partial charge in [0.25, 0.3) is 0 Å². The van der Waals surface area contributed by atoms with Gasteiger partial charge in [-0.2, -0.15) is 0 Å². The van der Waals surface area contributed by atoms with Gasteiger partial charge in [-0.1, -0.05) is 0 Å². The lowest BCUT2D eigenvalue weighted by molar-refractivity contribution is 0.0829. The van der Waals surface area contributed by atoms with E-state index in [1.54, 1.807) is 16.7 Å². The van der Waals surface area contributed by atoms with E-state index in [1.807, 2.05) is 0 Å². The van der Waals surface area contributed by atoms with Crippen molar-refractivity contribution in [3.63, 3.8) is 0 Å². The molecule has 2 fully saturated rings. The zero-order valence-electron chi connectivity index (χ0n) is 12.0. The maximum atomic E-state index is 12.0. The Morgan fingerprint density at radius 1 is 1.25 bits per heavy atom. The third kappa shape index (κ3) is 4.00. The van der Waals surface area contributed by atoms with Crippen molar-refractivity contribution in [1.29, 1.82) is 0 Å². The van der Waals surface area contributed by atoms with E-state index in [-0.39, 0.29) is 18.2 Å². The molecule has 2 saturated heterocycles. The average Bonchev–Trinajstić information content (AvgIpc) is 2.98. The van der Waals surface area contributed by atoms with Gasteiger partial charge in [-0.25, -0.2) is 9.59 Å². The molecule has 2 aliphatic rings. The van der Waals surface area contributed by atoms with E-state index >= 15 is 0 Å². The first-order valence-corrected chi connectivity index (χ1v) is 7.26. The lowest BCUT2D eigenvalue weighted by Gasteiger charge is -2.34. The summed E-state index contributed by atoms with van der Waals surface area (Å²) in [5.41, 5.74) is 0. The Kier molecular flexibility index (Phi) is 5.46. The highest BCUT2D eigenvalue weighted by Gasteiger charge is 2.25. The number of carbonyl (C=O) groups is 2. The fourth-order valence-electron chi connectivity index (χ4n) is 2.43. The first kappa shape index (κ1) is 14.9. The summed E-state index contributed by atoms with van der Waals surface area (Å²) in [4.78, 5) is 26.9. The highest BCUT2D eigenvalue weighted by molar-refractivity contribution is 5.75. The summed E-state index contributed by atoms with van der Waals surface area (Å²) in [5.74, 6) is 0. The molecule has 0 aromatic heterocycles. The predicted molar refractivity (Wildman–Crippen MR) is 72.5 cm³/mol. The van der Waals surface area contributed by atoms with Gasteiger partial charge in [0.05, 0.1) is 12.7 Å². The molecule has 0 radical (unpaired) electrons. The highest BCUT2D eigenvalue weighted by atomic mass is 16.6. The van der Waals surface area contributed by atoms with Crippen LogP contribution in [0.3, 0.4) is 0 Å². The molecule has 1 N–H and O–H groups in total. The van der Waals surface area contributed by atoms with Crippen LogP contribution in [-0.4, -0.2) is 74.0 Å². The van der Waals surface area contributed by atoms with E-state index in [2.05, 4.69) is 5.32 Å². The summed E-state index contributed by atoms with van der Waals surface area (Å²) >= 11 is 0. The van der Waals surface area contributed by atoms with Crippen LogP contribution < -0.4 is 5.32 Å². The minimum Gasteiger partial charge on any atom is -0.450 e. The van der Waals surface area contributed by atoms with Gasteiger partial charge in [0.15, 0.2) is 0 Å². The summed E-state index contributed by atoms with van der Waals surface area (Å²) in [7, 11) is 0. The Morgan fingerprint density at radius 3 is 2.55 bits per heavy atom. The topological polar surface area (TPSA) is 71.1 Å². The van der Waals surface area contributed by atoms with E-state index in [1.165, 1.54) is 0 Å². The molecule has 2 aliphatic heterocycles. The summed E-state index contributed by atoms with van der Waals surface area (Å²) in [6.07, 6.45) is 1.93. The smallest absolute Gasteiger partial charge is 0.409 e. The molecule has 20 heavy (non-hydrogen) atoms. The Morgan fingerprint density at radius 2 is 1.95 bits per heavy atom. The molecule has 3 amide bonds. The number of urea groups is 1. The van der Waals surface area contributed by atoms with E-state index in [4.69, 9.17) is 9.47 Å². The Hall–Kier alpha value is -1.50. The molecule has 0 saturated carbocycles. The van der Waals surface area contributed by atoms with Crippen LogP contribution in [0.2, 0.25) is 0 Å². The third-order valence-corrected chi connectivity index (χ3v) is 3.60. The molecule has 7 heteroatoms. The molecule has 2 rings (SSSR count). The molecule has 0 aliphatic carbocycles. The molecule has 2 heterocycles. The van der Waals surface area contributed by atoms with Crippen molar-refractivity contribution in [2.75, 3.05) is 45.9 Å². The molecule has 0 bridgehead atoms. The molecule has 1 unspecified atom stereocenters. The van der Waals surface area contributed by atoms with E-state index in [0.717, 1.165) is 19.4 Å². The van der Waals surface area contributed by atoms with Crippen LogP contribution in [0.25, 0.3) is 0 Å². The van der Waals surface area contributed by atoms with Crippen LogP contribution in [0.1, 0.15) is 19.8 Å². The second kappa shape index (κ2) is 7.33. The van der Waals surface area contributed by atoms with Crippen molar-refractivity contribution < 1.29 is 19.1 Å². The second-order valence-electron chi connectivity index (χ2n) is 4.99. The van der Waals surface area contributed by atoms with E-state index in [9.17, 15) is 9.59 Å². The summed E-state index contributed by atoms with van der Waals surface area (Å²) in [5, 5.41) is 2.89. The summed E-state index contributed by atoms with van der Waals surface area (Å²) in [6.45, 7) is 5.63. The zero-order valence-corrected chi connectivity index (χ0v) is 12.0. The number of nitrogens with zero attached hydrogens (tertiary/aromatic N) is 2. The maximum absolute atomic E-state index is 12.0. The van der Waals surface area contributed by atoms with Gasteiger partial charge in [-0.15, -0.1) is 0 Å². The minimum atomic E-state index is -0.299. The standard InChI is InChI=1S/C13H23N3O4/c1-2-19-13(18)16-7-5-15(6-8-16)12(17)14-10-11-4-3-9-20-11/h11H,2-10H2,1H3,(H,14,17). The number of amides is 3. The van der Waals surface area contributed by atoms with Crippen molar-refractivity contribution >= 4 is 12.1 Å². The first-order valence-electron chi connectivity index (χ1n) is 7.26. The van der Waals surface area contributed by atoms with Crippen molar-refractivity contribution in [1.82, 2.24) is 15.1 Å². The van der Waals surface area contributed by atoms with Crippen molar-refractivity contribution in [2.24, 2.45) is 0 Å². The van der Waals surface area contributed by atoms with Gasteiger partial charge < -0.3 is 24.6 Å². The largest absolute Gasteiger partial charge is 0.450 e. The fraction of sp³-hybridized carbons (Fsp3) is 0.846. The quantitative estimate of drug-likeness (QED) is 0.826. The van der Waals surface area contributed by atoms with Crippen molar-refractivity contribution in [2.45, 2.75) is 25.9 Å². The first-order chi connectivity index (χ1) is 9.70. The molecular formula is C13H23N3O4. The van der Waals surface area contributed by atoms with Gasteiger partial charge in [0, 0.05) is 39.3 Å². The Balaban J connectivity index is 1.67. The van der Waals surface area contributed by atoms with Gasteiger partial charge >= 0.3 is 12.1 Å². The number of carbonyl (C=O) groups excluding carboxylic acids is 2. The zero-order chi connectivity index (χ0) is 14.4. The molecule has 0 aromatic carbocycles. The summed E-state index contributed by atoms with van der Waals surface area (Å²) < 4.78 is 10.4. The van der Waals surface area contributed by atoms with Crippen LogP contribution in [0, 0.1) is 0 Å². The van der Waals surface area contributed by atoms with Crippen molar-refractivity contribution in [3.8, 4) is 0 Å². The molecule has 7 nitrogen and oxygen atoms in total. The van der Waals surface area contributed by atoms with Gasteiger partial charge in [-0.05, 0) is 19.8 Å². The minimum absolute atomic E-state index is 0.0796. The molecule has 0 spiro atoms. The fourth-order valence-corrected chi connectivity index (χ4v) is 2.43. The van der Waals surface area contributed by atoms with Gasteiger partial charge in [0.1, 0.15) is 0 Å². The SMILES string of the molecule is CCOC(=O)N1CCN(C(=O)NCC2CCCO2)CC1. The molecule has 0 aromatic rings. The number of hydrogen-bond donors (Lipinski definition) is 1. The number of rotatable bonds is 3. The van der Waals surface area contributed by atoms with E-state index < -0.39 is 0 Å². The van der Waals surface area contributed by atoms with Crippen LogP contribution >= 0.6 is 0 Å². The second-order valence-corrected chi connectivity index (χ2v) is 4.99. The van der Waals surface area contributed by atoms with Gasteiger partial charge in [0.2, 0.25) is 0 Å². The third-order valence-electron chi connectivity index (χ3n) is 3.60. The normalized spacial score (nSPS) is 22.8. The maximum Gasteiger partial charge on any atom is 0.409 e. The lowest BCUT2D eigenvalue weighted by atomic mass is 10.2. The average molecular weight is 285 g/mol.